The van der Waals surface area contributed by atoms with E-state index in [1.54, 1.807) is 6.92 Å². The highest BCUT2D eigenvalue weighted by molar-refractivity contribution is 6.15. The Hall–Kier alpha value is -2.24. The van der Waals surface area contributed by atoms with Crippen molar-refractivity contribution in [3.05, 3.63) is 23.8 Å². The minimum absolute atomic E-state index is 0.282. The van der Waals surface area contributed by atoms with Crippen LogP contribution in [0.2, 0.25) is 0 Å². The molecule has 2 N–H and O–H groups in total. The molecule has 6 nitrogen and oxygen atoms in total. The van der Waals surface area contributed by atoms with Crippen molar-refractivity contribution in [3.8, 4) is 0 Å². The van der Waals surface area contributed by atoms with Gasteiger partial charge >= 0.3 is 0 Å². The van der Waals surface area contributed by atoms with E-state index in [9.17, 15) is 19.2 Å². The number of hydrogen-bond donors (Lipinski definition) is 2. The zero-order valence-electron chi connectivity index (χ0n) is 7.87. The van der Waals surface area contributed by atoms with Crippen LogP contribution in [0.3, 0.4) is 0 Å². The maximum atomic E-state index is 10.4. The Labute approximate surface area is 85.0 Å². The third-order valence-electron chi connectivity index (χ3n) is 1.57. The largest absolute Gasteiger partial charge is 0.289 e. The Bertz CT molecular complexity index is 390. The van der Waals surface area contributed by atoms with Crippen LogP contribution in [0.15, 0.2) is 23.8 Å². The normalized spacial score (nSPS) is 18.1. The molecule has 78 valence electrons. The maximum absolute atomic E-state index is 10.4. The lowest BCUT2D eigenvalue weighted by Gasteiger charge is -1.84. The van der Waals surface area contributed by atoms with Crippen LogP contribution >= 0.6 is 0 Å². The first-order valence-electron chi connectivity index (χ1n) is 4.05. The summed E-state index contributed by atoms with van der Waals surface area (Å²) in [7, 11) is 0. The second kappa shape index (κ2) is 4.32. The summed E-state index contributed by atoms with van der Waals surface area (Å²) in [6.07, 6.45) is 3.67. The van der Waals surface area contributed by atoms with E-state index >= 15 is 0 Å². The van der Waals surface area contributed by atoms with Crippen molar-refractivity contribution in [2.24, 2.45) is 0 Å². The molecule has 2 heterocycles. The number of amides is 4. The highest BCUT2D eigenvalue weighted by Crippen LogP contribution is 1.97. The second-order valence-corrected chi connectivity index (χ2v) is 2.83. The summed E-state index contributed by atoms with van der Waals surface area (Å²) in [5.74, 6) is -1.25. The van der Waals surface area contributed by atoms with Crippen molar-refractivity contribution >= 4 is 23.6 Å². The van der Waals surface area contributed by atoms with E-state index in [-0.39, 0.29) is 23.6 Å². The molecule has 0 aliphatic carbocycles. The van der Waals surface area contributed by atoms with Crippen molar-refractivity contribution in [3.63, 3.8) is 0 Å². The summed E-state index contributed by atoms with van der Waals surface area (Å²) in [5.41, 5.74) is 0.481. The van der Waals surface area contributed by atoms with Gasteiger partial charge in [-0.05, 0) is 6.92 Å². The Kier molecular flexibility index (Phi) is 3.12. The van der Waals surface area contributed by atoms with Crippen molar-refractivity contribution in [2.75, 3.05) is 0 Å². The minimum atomic E-state index is -0.329. The van der Waals surface area contributed by atoms with E-state index in [2.05, 4.69) is 5.32 Å². The molecule has 15 heavy (non-hydrogen) atoms. The Balaban J connectivity index is 0.000000151. The van der Waals surface area contributed by atoms with Crippen LogP contribution in [0.1, 0.15) is 6.92 Å². The van der Waals surface area contributed by atoms with Crippen LogP contribution in [0.4, 0.5) is 0 Å². The molecule has 0 atom stereocenters. The highest BCUT2D eigenvalue weighted by Gasteiger charge is 2.15. The predicted molar refractivity (Wildman–Crippen MR) is 49.2 cm³/mol. The summed E-state index contributed by atoms with van der Waals surface area (Å²) in [5, 5.41) is 4.12. The first-order valence-corrected chi connectivity index (χ1v) is 4.05. The molecule has 0 saturated carbocycles. The lowest BCUT2D eigenvalue weighted by Crippen LogP contribution is -2.21. The molecule has 2 aliphatic rings. The van der Waals surface area contributed by atoms with Gasteiger partial charge in [0.1, 0.15) is 0 Å². The smallest absolute Gasteiger partial charge is 0.253 e. The number of carbonyl (C=O) groups is 4. The van der Waals surface area contributed by atoms with Gasteiger partial charge in [-0.15, -0.1) is 0 Å². The minimum Gasteiger partial charge on any atom is -0.289 e. The van der Waals surface area contributed by atoms with Gasteiger partial charge in [0.25, 0.3) is 23.6 Å². The number of rotatable bonds is 0. The fraction of sp³-hybridized carbons (Fsp3) is 0.111. The monoisotopic (exact) mass is 208 g/mol. The van der Waals surface area contributed by atoms with Crippen molar-refractivity contribution < 1.29 is 19.2 Å². The lowest BCUT2D eigenvalue weighted by molar-refractivity contribution is -0.125. The van der Waals surface area contributed by atoms with E-state index in [1.165, 1.54) is 18.2 Å². The maximum Gasteiger partial charge on any atom is 0.253 e. The molecule has 0 fully saturated rings. The van der Waals surface area contributed by atoms with Crippen molar-refractivity contribution in [1.29, 1.82) is 0 Å². The standard InChI is InChI=1S/C5H5NO2.C4H3NO2/c1-3-2-4(7)6-5(3)8;6-3-1-2-4(7)5-3/h2H,1H3,(H,6,7,8);1-2H,(H,5,6,7). The van der Waals surface area contributed by atoms with Crippen molar-refractivity contribution in [2.45, 2.75) is 6.92 Å². The first kappa shape index (κ1) is 10.8. The molecule has 0 unspecified atom stereocenters. The summed E-state index contributed by atoms with van der Waals surface area (Å²) >= 11 is 0. The zero-order valence-corrected chi connectivity index (χ0v) is 7.87. The van der Waals surface area contributed by atoms with Gasteiger partial charge in [0.15, 0.2) is 0 Å². The lowest BCUT2D eigenvalue weighted by atomic mass is 10.3. The molecule has 0 spiro atoms. The molecule has 2 rings (SSSR count). The molecule has 0 bridgehead atoms. The fourth-order valence-electron chi connectivity index (χ4n) is 0.865. The quantitative estimate of drug-likeness (QED) is 0.488. The van der Waals surface area contributed by atoms with Crippen molar-refractivity contribution in [1.82, 2.24) is 10.6 Å². The van der Waals surface area contributed by atoms with Gasteiger partial charge in [0, 0.05) is 23.8 Å². The van der Waals surface area contributed by atoms with Gasteiger partial charge in [-0.25, -0.2) is 0 Å². The number of nitrogens with one attached hydrogen (secondary N) is 2. The highest BCUT2D eigenvalue weighted by atomic mass is 16.2. The van der Waals surface area contributed by atoms with Gasteiger partial charge in [-0.3, -0.25) is 29.8 Å². The number of hydrogen-bond acceptors (Lipinski definition) is 4. The molecule has 0 aromatic heterocycles. The number of carbonyl (C=O) groups excluding carboxylic acids is 4. The third-order valence-corrected chi connectivity index (χ3v) is 1.57. The van der Waals surface area contributed by atoms with Gasteiger partial charge in [0.05, 0.1) is 0 Å². The fourth-order valence-corrected chi connectivity index (χ4v) is 0.865. The molecule has 0 radical (unpaired) electrons. The molecule has 4 amide bonds. The molecule has 0 saturated heterocycles. The van der Waals surface area contributed by atoms with E-state index in [0.29, 0.717) is 5.57 Å². The summed E-state index contributed by atoms with van der Waals surface area (Å²) in [6, 6.07) is 0. The van der Waals surface area contributed by atoms with E-state index in [1.807, 2.05) is 5.32 Å². The molecule has 0 aromatic carbocycles. The Morgan fingerprint density at radius 1 is 0.867 bits per heavy atom. The molecule has 2 aliphatic heterocycles. The molecular weight excluding hydrogens is 200 g/mol. The van der Waals surface area contributed by atoms with Gasteiger partial charge in [-0.1, -0.05) is 0 Å². The van der Waals surface area contributed by atoms with Gasteiger partial charge < -0.3 is 0 Å². The van der Waals surface area contributed by atoms with Crippen LogP contribution in [0.5, 0.6) is 0 Å². The van der Waals surface area contributed by atoms with E-state index < -0.39 is 0 Å². The first-order chi connectivity index (χ1) is 6.99. The summed E-state index contributed by atoms with van der Waals surface area (Å²) in [4.78, 5) is 40.7. The van der Waals surface area contributed by atoms with Crippen LogP contribution in [-0.2, 0) is 19.2 Å². The average Bonchev–Trinajstić information content (AvgIpc) is 2.61. The van der Waals surface area contributed by atoms with Crippen LogP contribution in [0, 0.1) is 0 Å². The number of imide groups is 2. The SMILES string of the molecule is CC1=CC(=O)NC1=O.O=C1C=CC(=O)N1. The Morgan fingerprint density at radius 2 is 1.40 bits per heavy atom. The van der Waals surface area contributed by atoms with E-state index in [0.717, 1.165) is 0 Å². The third kappa shape index (κ3) is 3.18. The topological polar surface area (TPSA) is 92.3 Å². The van der Waals surface area contributed by atoms with Crippen LogP contribution < -0.4 is 10.6 Å². The second-order valence-electron chi connectivity index (χ2n) is 2.83. The predicted octanol–water partition coefficient (Wildman–Crippen LogP) is -1.21. The zero-order chi connectivity index (χ0) is 11.4. The summed E-state index contributed by atoms with van der Waals surface area (Å²) in [6.45, 7) is 1.60. The molecule has 0 aromatic rings. The average molecular weight is 208 g/mol. The van der Waals surface area contributed by atoms with Crippen LogP contribution in [0.25, 0.3) is 0 Å². The van der Waals surface area contributed by atoms with Crippen LogP contribution in [-0.4, -0.2) is 23.6 Å². The summed E-state index contributed by atoms with van der Waals surface area (Å²) < 4.78 is 0. The van der Waals surface area contributed by atoms with E-state index in [4.69, 9.17) is 0 Å². The molecular formula is C9H8N2O4. The van der Waals surface area contributed by atoms with Gasteiger partial charge in [-0.2, -0.15) is 0 Å². The molecule has 6 heteroatoms. The van der Waals surface area contributed by atoms with Gasteiger partial charge in [0.2, 0.25) is 0 Å². The Morgan fingerprint density at radius 3 is 1.53 bits per heavy atom.